The summed E-state index contributed by atoms with van der Waals surface area (Å²) in [6.07, 6.45) is 6.34. The largest absolute Gasteiger partial charge is 0.341 e. The molecule has 0 aromatic carbocycles. The fraction of sp³-hybridized carbons (Fsp3) is 0.750. The van der Waals surface area contributed by atoms with Crippen LogP contribution in [0.1, 0.15) is 46.1 Å². The number of nitrogens with one attached hydrogen (secondary N) is 1. The van der Waals surface area contributed by atoms with Crippen molar-refractivity contribution in [2.75, 3.05) is 24.5 Å². The minimum Gasteiger partial charge on any atom is -0.341 e. The Morgan fingerprint density at radius 2 is 1.80 bits per heavy atom. The molecule has 1 aromatic heterocycles. The Labute approximate surface area is 123 Å². The maximum absolute atomic E-state index is 4.52. The smallest absolute Gasteiger partial charge is 0.225 e. The quantitative estimate of drug-likeness (QED) is 0.898. The molecule has 1 aliphatic heterocycles. The molecule has 1 saturated heterocycles. The number of rotatable bonds is 5. The van der Waals surface area contributed by atoms with Gasteiger partial charge in [0.05, 0.1) is 0 Å². The average molecular weight is 276 g/mol. The van der Waals surface area contributed by atoms with E-state index in [-0.39, 0.29) is 0 Å². The average Bonchev–Trinajstić information content (AvgIpc) is 2.39. The minimum atomic E-state index is 0.469. The normalized spacial score (nSPS) is 18.6. The van der Waals surface area contributed by atoms with E-state index >= 15 is 0 Å². The molecule has 4 nitrogen and oxygen atoms in total. The summed E-state index contributed by atoms with van der Waals surface area (Å²) in [4.78, 5) is 11.3. The van der Waals surface area contributed by atoms with E-state index in [1.807, 2.05) is 12.4 Å². The van der Waals surface area contributed by atoms with Gasteiger partial charge in [0.15, 0.2) is 0 Å². The molecule has 2 heterocycles. The number of anilines is 1. The van der Waals surface area contributed by atoms with Gasteiger partial charge in [-0.2, -0.15) is 0 Å². The molecule has 0 spiro atoms. The predicted molar refractivity (Wildman–Crippen MR) is 83.8 cm³/mol. The molecule has 2 rings (SSSR count). The Kier molecular flexibility index (Phi) is 4.97. The lowest BCUT2D eigenvalue weighted by Crippen LogP contribution is -2.38. The van der Waals surface area contributed by atoms with Crippen molar-refractivity contribution < 1.29 is 0 Å². The highest BCUT2D eigenvalue weighted by Gasteiger charge is 2.26. The van der Waals surface area contributed by atoms with E-state index in [2.05, 4.69) is 47.9 Å². The van der Waals surface area contributed by atoms with Crippen molar-refractivity contribution in [1.29, 1.82) is 0 Å². The molecule has 0 atom stereocenters. The van der Waals surface area contributed by atoms with Gasteiger partial charge in [0, 0.05) is 37.6 Å². The second-order valence-electron chi connectivity index (χ2n) is 7.07. The molecule has 0 amide bonds. The van der Waals surface area contributed by atoms with Crippen molar-refractivity contribution >= 4 is 5.95 Å². The molecule has 0 aliphatic carbocycles. The van der Waals surface area contributed by atoms with Crippen LogP contribution in [-0.2, 0) is 6.54 Å². The van der Waals surface area contributed by atoms with Crippen LogP contribution in [0.15, 0.2) is 12.4 Å². The standard InChI is InChI=1S/C16H28N4/c1-13(2)9-17-10-14-11-18-15(19-12-14)20-7-5-16(3,4)6-8-20/h11-13,17H,5-10H2,1-4H3. The van der Waals surface area contributed by atoms with Gasteiger partial charge in [-0.05, 0) is 30.7 Å². The highest BCUT2D eigenvalue weighted by molar-refractivity contribution is 5.30. The predicted octanol–water partition coefficient (Wildman–Crippen LogP) is 2.85. The molecule has 0 bridgehead atoms. The van der Waals surface area contributed by atoms with Gasteiger partial charge in [-0.1, -0.05) is 27.7 Å². The Hall–Kier alpha value is -1.16. The minimum absolute atomic E-state index is 0.469. The van der Waals surface area contributed by atoms with E-state index in [9.17, 15) is 0 Å². The van der Waals surface area contributed by atoms with E-state index in [4.69, 9.17) is 0 Å². The van der Waals surface area contributed by atoms with Crippen molar-refractivity contribution in [1.82, 2.24) is 15.3 Å². The molecule has 0 saturated carbocycles. The van der Waals surface area contributed by atoms with E-state index in [0.29, 0.717) is 11.3 Å². The second kappa shape index (κ2) is 6.53. The first-order valence-corrected chi connectivity index (χ1v) is 7.73. The van der Waals surface area contributed by atoms with Gasteiger partial charge in [0.1, 0.15) is 0 Å². The highest BCUT2D eigenvalue weighted by Crippen LogP contribution is 2.30. The third-order valence-electron chi connectivity index (χ3n) is 3.97. The monoisotopic (exact) mass is 276 g/mol. The fourth-order valence-corrected chi connectivity index (χ4v) is 2.42. The maximum Gasteiger partial charge on any atom is 0.225 e. The van der Waals surface area contributed by atoms with Gasteiger partial charge in [-0.15, -0.1) is 0 Å². The fourth-order valence-electron chi connectivity index (χ4n) is 2.42. The van der Waals surface area contributed by atoms with Crippen LogP contribution < -0.4 is 10.2 Å². The molecule has 1 N–H and O–H groups in total. The van der Waals surface area contributed by atoms with Crippen molar-refractivity contribution in [3.05, 3.63) is 18.0 Å². The molecule has 0 radical (unpaired) electrons. The summed E-state index contributed by atoms with van der Waals surface area (Å²) in [6, 6.07) is 0. The Balaban J connectivity index is 1.85. The summed E-state index contributed by atoms with van der Waals surface area (Å²) >= 11 is 0. The zero-order chi connectivity index (χ0) is 14.6. The van der Waals surface area contributed by atoms with Crippen LogP contribution in [0.25, 0.3) is 0 Å². The van der Waals surface area contributed by atoms with Crippen LogP contribution in [0, 0.1) is 11.3 Å². The van der Waals surface area contributed by atoms with Crippen LogP contribution in [0.2, 0.25) is 0 Å². The number of hydrogen-bond acceptors (Lipinski definition) is 4. The summed E-state index contributed by atoms with van der Waals surface area (Å²) < 4.78 is 0. The molecule has 4 heteroatoms. The summed E-state index contributed by atoms with van der Waals surface area (Å²) in [7, 11) is 0. The molecule has 0 unspecified atom stereocenters. The van der Waals surface area contributed by atoms with Crippen molar-refractivity contribution in [3.63, 3.8) is 0 Å². The summed E-state index contributed by atoms with van der Waals surface area (Å²) in [5, 5.41) is 3.42. The van der Waals surface area contributed by atoms with Gasteiger partial charge >= 0.3 is 0 Å². The lowest BCUT2D eigenvalue weighted by molar-refractivity contribution is 0.278. The van der Waals surface area contributed by atoms with E-state index in [0.717, 1.165) is 37.7 Å². The topological polar surface area (TPSA) is 41.1 Å². The van der Waals surface area contributed by atoms with Crippen molar-refractivity contribution in [3.8, 4) is 0 Å². The Morgan fingerprint density at radius 3 is 2.35 bits per heavy atom. The van der Waals surface area contributed by atoms with Crippen LogP contribution in [0.4, 0.5) is 5.95 Å². The lowest BCUT2D eigenvalue weighted by atomic mass is 9.83. The second-order valence-corrected chi connectivity index (χ2v) is 7.07. The molecule has 1 fully saturated rings. The lowest BCUT2D eigenvalue weighted by Gasteiger charge is -2.36. The molecule has 1 aliphatic rings. The highest BCUT2D eigenvalue weighted by atomic mass is 15.2. The van der Waals surface area contributed by atoms with Gasteiger partial charge in [0.2, 0.25) is 5.95 Å². The van der Waals surface area contributed by atoms with Gasteiger partial charge in [-0.25, -0.2) is 9.97 Å². The first-order chi connectivity index (χ1) is 9.46. The van der Waals surface area contributed by atoms with Crippen molar-refractivity contribution in [2.24, 2.45) is 11.3 Å². The van der Waals surface area contributed by atoms with Gasteiger partial charge in [0.25, 0.3) is 0 Å². The first kappa shape index (κ1) is 15.2. The third kappa shape index (κ3) is 4.44. The molecular weight excluding hydrogens is 248 g/mol. The zero-order valence-corrected chi connectivity index (χ0v) is 13.3. The summed E-state index contributed by atoms with van der Waals surface area (Å²) in [5.41, 5.74) is 1.63. The number of hydrogen-bond donors (Lipinski definition) is 1. The van der Waals surface area contributed by atoms with Crippen LogP contribution in [0.5, 0.6) is 0 Å². The SMILES string of the molecule is CC(C)CNCc1cnc(N2CCC(C)(C)CC2)nc1. The Bertz CT molecular complexity index is 401. The summed E-state index contributed by atoms with van der Waals surface area (Å²) in [5.74, 6) is 1.56. The van der Waals surface area contributed by atoms with Crippen LogP contribution in [-0.4, -0.2) is 29.6 Å². The molecular formula is C16H28N4. The summed E-state index contributed by atoms with van der Waals surface area (Å²) in [6.45, 7) is 13.1. The molecule has 1 aromatic rings. The van der Waals surface area contributed by atoms with E-state index in [1.54, 1.807) is 0 Å². The maximum atomic E-state index is 4.52. The molecule has 20 heavy (non-hydrogen) atoms. The van der Waals surface area contributed by atoms with Gasteiger partial charge in [-0.3, -0.25) is 0 Å². The Morgan fingerprint density at radius 1 is 1.20 bits per heavy atom. The van der Waals surface area contributed by atoms with Gasteiger partial charge < -0.3 is 10.2 Å². The first-order valence-electron chi connectivity index (χ1n) is 7.73. The molecule has 112 valence electrons. The zero-order valence-electron chi connectivity index (χ0n) is 13.3. The van der Waals surface area contributed by atoms with Crippen LogP contribution in [0.3, 0.4) is 0 Å². The van der Waals surface area contributed by atoms with Crippen LogP contribution >= 0.6 is 0 Å². The number of piperidine rings is 1. The number of nitrogens with zero attached hydrogens (tertiary/aromatic N) is 3. The van der Waals surface area contributed by atoms with Crippen molar-refractivity contribution in [2.45, 2.75) is 47.1 Å². The van der Waals surface area contributed by atoms with E-state index in [1.165, 1.54) is 12.8 Å². The third-order valence-corrected chi connectivity index (χ3v) is 3.97. The number of aromatic nitrogens is 2. The van der Waals surface area contributed by atoms with E-state index < -0.39 is 0 Å².